The highest BCUT2D eigenvalue weighted by molar-refractivity contribution is 6.32. The second-order valence-electron chi connectivity index (χ2n) is 7.21. The Morgan fingerprint density at radius 2 is 1.91 bits per heavy atom. The molecule has 0 aliphatic carbocycles. The first-order valence-corrected chi connectivity index (χ1v) is 10.00. The van der Waals surface area contributed by atoms with E-state index in [4.69, 9.17) is 21.1 Å². The van der Waals surface area contributed by atoms with Gasteiger partial charge in [-0.3, -0.25) is 19.4 Å². The molecule has 5 rings (SSSR count). The fraction of sp³-hybridized carbons (Fsp3) is 0.250. The number of amides is 3. The molecule has 3 aliphatic heterocycles. The summed E-state index contributed by atoms with van der Waals surface area (Å²) in [5.41, 5.74) is 0.597. The van der Waals surface area contributed by atoms with Crippen LogP contribution in [0.4, 0.5) is 15.8 Å². The van der Waals surface area contributed by atoms with E-state index in [1.54, 1.807) is 18.2 Å². The summed E-state index contributed by atoms with van der Waals surface area (Å²) in [7, 11) is 0. The lowest BCUT2D eigenvalue weighted by atomic mass is 10.1. The highest BCUT2D eigenvalue weighted by Crippen LogP contribution is 2.34. The minimum atomic E-state index is -1.09. The Hall–Kier alpha value is -3.73. The molecule has 1 fully saturated rings. The van der Waals surface area contributed by atoms with Gasteiger partial charge in [0.05, 0.1) is 10.7 Å². The summed E-state index contributed by atoms with van der Waals surface area (Å²) in [6, 6.07) is 6.32. The first kappa shape index (κ1) is 20.2. The number of imide groups is 1. The van der Waals surface area contributed by atoms with Crippen LogP contribution in [-0.4, -0.2) is 54.6 Å². The van der Waals surface area contributed by atoms with E-state index in [1.165, 1.54) is 12.1 Å². The lowest BCUT2D eigenvalue weighted by Crippen LogP contribution is -2.43. The number of ether oxygens (including phenoxy) is 2. The van der Waals surface area contributed by atoms with Crippen LogP contribution in [0.25, 0.3) is 0 Å². The number of fused-ring (bicyclic) bond motifs is 2. The lowest BCUT2D eigenvalue weighted by molar-refractivity contribution is -0.123. The van der Waals surface area contributed by atoms with Crippen molar-refractivity contribution in [2.45, 2.75) is 12.1 Å². The Labute approximate surface area is 185 Å². The van der Waals surface area contributed by atoms with E-state index in [-0.39, 0.29) is 17.3 Å². The van der Waals surface area contributed by atoms with Crippen molar-refractivity contribution >= 4 is 40.7 Å². The Bertz CT molecular complexity index is 1180. The lowest BCUT2D eigenvalue weighted by Gasteiger charge is -2.21. The average molecular weight is 460 g/mol. The smallest absolute Gasteiger partial charge is 0.263 e. The second kappa shape index (κ2) is 7.75. The Balaban J connectivity index is 1.29. The van der Waals surface area contributed by atoms with Gasteiger partial charge in [-0.25, -0.2) is 9.29 Å². The van der Waals surface area contributed by atoms with Crippen LogP contribution >= 0.6 is 11.6 Å². The molecule has 0 saturated carbocycles. The maximum Gasteiger partial charge on any atom is 0.263 e. The second-order valence-corrected chi connectivity index (χ2v) is 7.62. The van der Waals surface area contributed by atoms with Gasteiger partial charge in [-0.2, -0.15) is 5.11 Å². The normalized spacial score (nSPS) is 21.2. The van der Waals surface area contributed by atoms with Gasteiger partial charge < -0.3 is 14.8 Å². The molecule has 0 spiro atoms. The summed E-state index contributed by atoms with van der Waals surface area (Å²) in [6.45, 7) is 0.554. The van der Waals surface area contributed by atoms with Crippen LogP contribution < -0.4 is 19.7 Å². The van der Waals surface area contributed by atoms with Crippen molar-refractivity contribution in [2.24, 2.45) is 10.3 Å². The third-order valence-corrected chi connectivity index (χ3v) is 5.44. The minimum Gasteiger partial charge on any atom is -0.486 e. The van der Waals surface area contributed by atoms with Gasteiger partial charge in [-0.05, 0) is 30.3 Å². The Morgan fingerprint density at radius 3 is 2.69 bits per heavy atom. The Morgan fingerprint density at radius 1 is 1.12 bits per heavy atom. The molecule has 3 aliphatic rings. The molecule has 0 aromatic heterocycles. The van der Waals surface area contributed by atoms with Gasteiger partial charge in [0.1, 0.15) is 25.6 Å². The standard InChI is InChI=1S/C20H15ClFN5O5/c21-12-8-11(2-3-13(12)22)27-19(29)17-18(20(27)30)26(25-24-17)9-16(28)23-10-1-4-14-15(7-10)32-6-5-31-14/h1-4,7-8,17-18H,5-6,9H2,(H,23,28)/t17-,18+/m0/s1. The summed E-state index contributed by atoms with van der Waals surface area (Å²) in [4.78, 5) is 39.1. The number of benzene rings is 2. The number of halogens is 2. The van der Waals surface area contributed by atoms with E-state index < -0.39 is 35.6 Å². The van der Waals surface area contributed by atoms with Crippen molar-refractivity contribution in [1.29, 1.82) is 0 Å². The molecule has 0 radical (unpaired) electrons. The number of nitrogens with one attached hydrogen (secondary N) is 1. The molecule has 3 heterocycles. The minimum absolute atomic E-state index is 0.122. The number of hydrogen-bond donors (Lipinski definition) is 1. The van der Waals surface area contributed by atoms with Crippen LogP contribution in [-0.2, 0) is 14.4 Å². The monoisotopic (exact) mass is 459 g/mol. The van der Waals surface area contributed by atoms with E-state index in [2.05, 4.69) is 15.7 Å². The molecule has 1 N–H and O–H groups in total. The largest absolute Gasteiger partial charge is 0.486 e. The average Bonchev–Trinajstić information content (AvgIpc) is 3.29. The van der Waals surface area contributed by atoms with Crippen LogP contribution in [0.15, 0.2) is 46.7 Å². The van der Waals surface area contributed by atoms with Gasteiger partial charge in [0, 0.05) is 11.8 Å². The van der Waals surface area contributed by atoms with E-state index in [0.717, 1.165) is 16.0 Å². The highest BCUT2D eigenvalue weighted by atomic mass is 35.5. The topological polar surface area (TPSA) is 113 Å². The zero-order valence-corrected chi connectivity index (χ0v) is 17.1. The summed E-state index contributed by atoms with van der Waals surface area (Å²) >= 11 is 5.78. The number of carbonyl (C=O) groups excluding carboxylic acids is 3. The first-order valence-electron chi connectivity index (χ1n) is 9.62. The van der Waals surface area contributed by atoms with E-state index >= 15 is 0 Å². The summed E-state index contributed by atoms with van der Waals surface area (Å²) in [5, 5.41) is 11.3. The molecule has 10 nitrogen and oxygen atoms in total. The van der Waals surface area contributed by atoms with Crippen LogP contribution in [0.1, 0.15) is 0 Å². The quantitative estimate of drug-likeness (QED) is 0.701. The number of carbonyl (C=O) groups is 3. The first-order chi connectivity index (χ1) is 15.4. The van der Waals surface area contributed by atoms with Crippen LogP contribution in [0.5, 0.6) is 11.5 Å². The molecule has 32 heavy (non-hydrogen) atoms. The maximum absolute atomic E-state index is 13.5. The van der Waals surface area contributed by atoms with Crippen molar-refractivity contribution in [3.63, 3.8) is 0 Å². The summed E-state index contributed by atoms with van der Waals surface area (Å²) in [5.74, 6) is -1.29. The molecular weight excluding hydrogens is 445 g/mol. The Kier molecular flexibility index (Phi) is 4.89. The van der Waals surface area contributed by atoms with Gasteiger partial charge in [0.2, 0.25) is 5.91 Å². The fourth-order valence-electron chi connectivity index (χ4n) is 3.70. The van der Waals surface area contributed by atoms with Crippen molar-refractivity contribution in [3.05, 3.63) is 47.2 Å². The zero-order chi connectivity index (χ0) is 22.4. The highest BCUT2D eigenvalue weighted by Gasteiger charge is 2.55. The number of nitrogens with zero attached hydrogens (tertiary/aromatic N) is 4. The summed E-state index contributed by atoms with van der Waals surface area (Å²) in [6.07, 6.45) is 0. The summed E-state index contributed by atoms with van der Waals surface area (Å²) < 4.78 is 24.4. The molecule has 2 aromatic rings. The van der Waals surface area contributed by atoms with E-state index in [1.807, 2.05) is 0 Å². The fourth-order valence-corrected chi connectivity index (χ4v) is 3.88. The van der Waals surface area contributed by atoms with Crippen LogP contribution in [0.2, 0.25) is 5.02 Å². The van der Waals surface area contributed by atoms with Crippen molar-refractivity contribution < 1.29 is 28.2 Å². The predicted octanol–water partition coefficient (Wildman–Crippen LogP) is 2.18. The van der Waals surface area contributed by atoms with E-state index in [0.29, 0.717) is 30.4 Å². The van der Waals surface area contributed by atoms with Gasteiger partial charge in [-0.1, -0.05) is 16.8 Å². The van der Waals surface area contributed by atoms with Crippen molar-refractivity contribution in [2.75, 3.05) is 30.0 Å². The molecule has 2 aromatic carbocycles. The van der Waals surface area contributed by atoms with Crippen molar-refractivity contribution in [3.8, 4) is 11.5 Å². The molecule has 12 heteroatoms. The molecule has 0 unspecified atom stereocenters. The molecular formula is C20H15ClFN5O5. The molecule has 164 valence electrons. The number of rotatable bonds is 4. The molecule has 1 saturated heterocycles. The third kappa shape index (κ3) is 3.40. The third-order valence-electron chi connectivity index (χ3n) is 5.15. The molecule has 0 bridgehead atoms. The number of anilines is 2. The molecule has 2 atom stereocenters. The van der Waals surface area contributed by atoms with Crippen molar-refractivity contribution in [1.82, 2.24) is 5.01 Å². The van der Waals surface area contributed by atoms with Crippen LogP contribution in [0, 0.1) is 5.82 Å². The molecule has 3 amide bonds. The van der Waals surface area contributed by atoms with Gasteiger partial charge in [0.15, 0.2) is 23.6 Å². The predicted molar refractivity (Wildman–Crippen MR) is 109 cm³/mol. The number of hydrogen-bond acceptors (Lipinski definition) is 8. The van der Waals surface area contributed by atoms with Crippen LogP contribution in [0.3, 0.4) is 0 Å². The SMILES string of the molecule is O=C(CN1N=N[C@@H]2C(=O)N(c3ccc(F)c(Cl)c3)C(=O)[C@@H]21)Nc1ccc2c(c1)OCCO2. The maximum atomic E-state index is 13.5. The zero-order valence-electron chi connectivity index (χ0n) is 16.3. The van der Waals surface area contributed by atoms with Gasteiger partial charge in [0.25, 0.3) is 11.8 Å². The van der Waals surface area contributed by atoms with Gasteiger partial charge >= 0.3 is 0 Å². The van der Waals surface area contributed by atoms with E-state index in [9.17, 15) is 18.8 Å². The van der Waals surface area contributed by atoms with Gasteiger partial charge in [-0.15, -0.1) is 0 Å².